The molecule has 0 spiro atoms. The molecule has 7 heteroatoms. The van der Waals surface area contributed by atoms with Gasteiger partial charge in [0.2, 0.25) is 5.91 Å². The molecular formula is C21H30ClN3O3. The van der Waals surface area contributed by atoms with Crippen molar-refractivity contribution in [2.75, 3.05) is 33.3 Å². The number of piperazine rings is 1. The molecule has 0 aromatic heterocycles. The van der Waals surface area contributed by atoms with Gasteiger partial charge in [0.1, 0.15) is 5.75 Å². The van der Waals surface area contributed by atoms with E-state index >= 15 is 0 Å². The molecular weight excluding hydrogens is 378 g/mol. The number of hydrogen-bond donors (Lipinski definition) is 1. The lowest BCUT2D eigenvalue weighted by Crippen LogP contribution is -2.51. The lowest BCUT2D eigenvalue weighted by molar-refractivity contribution is -0.134. The van der Waals surface area contributed by atoms with E-state index in [2.05, 4.69) is 5.32 Å². The van der Waals surface area contributed by atoms with Gasteiger partial charge in [-0.2, -0.15) is 0 Å². The van der Waals surface area contributed by atoms with Crippen LogP contribution in [-0.4, -0.2) is 67.0 Å². The molecule has 1 aromatic carbocycles. The fourth-order valence-corrected chi connectivity index (χ4v) is 4.79. The van der Waals surface area contributed by atoms with Crippen molar-refractivity contribution < 1.29 is 14.3 Å². The van der Waals surface area contributed by atoms with E-state index in [9.17, 15) is 9.59 Å². The summed E-state index contributed by atoms with van der Waals surface area (Å²) < 4.78 is 5.14. The van der Waals surface area contributed by atoms with Crippen molar-refractivity contribution in [2.45, 2.75) is 44.2 Å². The van der Waals surface area contributed by atoms with Crippen molar-refractivity contribution >= 4 is 24.2 Å². The molecule has 2 amide bonds. The number of rotatable bonds is 4. The van der Waals surface area contributed by atoms with Crippen molar-refractivity contribution in [2.24, 2.45) is 5.92 Å². The van der Waals surface area contributed by atoms with E-state index in [0.717, 1.165) is 18.6 Å². The fraction of sp³-hybridized carbons (Fsp3) is 0.619. The summed E-state index contributed by atoms with van der Waals surface area (Å²) in [7, 11) is 1.61. The Balaban J connectivity index is 0.00000225. The van der Waals surface area contributed by atoms with Crippen LogP contribution >= 0.6 is 12.4 Å². The molecule has 3 heterocycles. The second-order valence-corrected chi connectivity index (χ2v) is 8.08. The molecule has 6 nitrogen and oxygen atoms in total. The minimum atomic E-state index is 0. The van der Waals surface area contributed by atoms with Crippen LogP contribution in [0.25, 0.3) is 0 Å². The zero-order valence-corrected chi connectivity index (χ0v) is 17.2. The van der Waals surface area contributed by atoms with Gasteiger partial charge in [-0.1, -0.05) is 0 Å². The van der Waals surface area contributed by atoms with Crippen LogP contribution in [0.15, 0.2) is 24.3 Å². The molecule has 0 aliphatic carbocycles. The fourth-order valence-electron chi connectivity index (χ4n) is 4.79. The van der Waals surface area contributed by atoms with Crippen LogP contribution in [0, 0.1) is 5.92 Å². The topological polar surface area (TPSA) is 61.9 Å². The van der Waals surface area contributed by atoms with Crippen LogP contribution in [0.2, 0.25) is 0 Å². The molecule has 1 aromatic rings. The maximum atomic E-state index is 12.7. The molecule has 4 rings (SSSR count). The third kappa shape index (κ3) is 4.61. The number of halogens is 1. The van der Waals surface area contributed by atoms with Crippen LogP contribution in [-0.2, 0) is 4.79 Å². The van der Waals surface area contributed by atoms with Crippen molar-refractivity contribution in [3.63, 3.8) is 0 Å². The molecule has 0 saturated carbocycles. The van der Waals surface area contributed by atoms with Crippen molar-refractivity contribution in [1.29, 1.82) is 0 Å². The van der Waals surface area contributed by atoms with E-state index in [-0.39, 0.29) is 24.2 Å². The van der Waals surface area contributed by atoms with Crippen LogP contribution in [0.4, 0.5) is 0 Å². The first-order valence-corrected chi connectivity index (χ1v) is 10.1. The van der Waals surface area contributed by atoms with E-state index in [1.807, 2.05) is 9.80 Å². The van der Waals surface area contributed by atoms with Crippen LogP contribution in [0.3, 0.4) is 0 Å². The lowest BCUT2D eigenvalue weighted by atomic mass is 9.89. The minimum absolute atomic E-state index is 0. The molecule has 154 valence electrons. The first-order valence-electron chi connectivity index (χ1n) is 10.1. The number of ether oxygens (including phenoxy) is 1. The number of fused-ring (bicyclic) bond motifs is 2. The van der Waals surface area contributed by atoms with Gasteiger partial charge in [-0.15, -0.1) is 12.4 Å². The van der Waals surface area contributed by atoms with Gasteiger partial charge in [0, 0.05) is 50.2 Å². The maximum Gasteiger partial charge on any atom is 0.253 e. The summed E-state index contributed by atoms with van der Waals surface area (Å²) in [5, 5.41) is 3.64. The summed E-state index contributed by atoms with van der Waals surface area (Å²) in [4.78, 5) is 29.1. The van der Waals surface area contributed by atoms with Gasteiger partial charge >= 0.3 is 0 Å². The third-order valence-corrected chi connectivity index (χ3v) is 6.29. The number of benzene rings is 1. The number of nitrogens with zero attached hydrogens (tertiary/aromatic N) is 2. The number of hydrogen-bond acceptors (Lipinski definition) is 4. The Hall–Kier alpha value is -1.79. The Bertz CT molecular complexity index is 677. The number of carbonyl (C=O) groups excluding carboxylic acids is 2. The summed E-state index contributed by atoms with van der Waals surface area (Å²) in [5.41, 5.74) is 0.667. The highest BCUT2D eigenvalue weighted by atomic mass is 35.5. The monoisotopic (exact) mass is 407 g/mol. The van der Waals surface area contributed by atoms with E-state index in [1.54, 1.807) is 31.4 Å². The van der Waals surface area contributed by atoms with E-state index in [4.69, 9.17) is 4.74 Å². The smallest absolute Gasteiger partial charge is 0.253 e. The van der Waals surface area contributed by atoms with Crippen LogP contribution in [0.1, 0.15) is 42.5 Å². The highest BCUT2D eigenvalue weighted by molar-refractivity contribution is 5.94. The molecule has 3 saturated heterocycles. The second-order valence-electron chi connectivity index (χ2n) is 8.08. The normalized spacial score (nSPS) is 26.5. The highest BCUT2D eigenvalue weighted by Gasteiger charge is 2.35. The predicted molar refractivity (Wildman–Crippen MR) is 110 cm³/mol. The summed E-state index contributed by atoms with van der Waals surface area (Å²) in [6, 6.07) is 8.45. The molecule has 1 N–H and O–H groups in total. The average molecular weight is 408 g/mol. The van der Waals surface area contributed by atoms with Gasteiger partial charge in [-0.05, 0) is 55.9 Å². The van der Waals surface area contributed by atoms with Crippen molar-refractivity contribution in [1.82, 2.24) is 15.1 Å². The summed E-state index contributed by atoms with van der Waals surface area (Å²) >= 11 is 0. The van der Waals surface area contributed by atoms with Crippen molar-refractivity contribution in [3.05, 3.63) is 29.8 Å². The zero-order chi connectivity index (χ0) is 18.8. The molecule has 2 atom stereocenters. The molecule has 2 bridgehead atoms. The van der Waals surface area contributed by atoms with Crippen LogP contribution in [0.5, 0.6) is 5.75 Å². The van der Waals surface area contributed by atoms with E-state index in [0.29, 0.717) is 56.2 Å². The predicted octanol–water partition coefficient (Wildman–Crippen LogP) is 2.32. The van der Waals surface area contributed by atoms with Gasteiger partial charge in [-0.3, -0.25) is 9.59 Å². The van der Waals surface area contributed by atoms with Gasteiger partial charge in [0.15, 0.2) is 0 Å². The molecule has 3 aliphatic heterocycles. The van der Waals surface area contributed by atoms with E-state index in [1.165, 1.54) is 12.8 Å². The van der Waals surface area contributed by atoms with Gasteiger partial charge < -0.3 is 19.9 Å². The number of methoxy groups -OCH3 is 1. The largest absolute Gasteiger partial charge is 0.497 e. The Labute approximate surface area is 173 Å². The van der Waals surface area contributed by atoms with Gasteiger partial charge in [0.25, 0.3) is 5.91 Å². The third-order valence-electron chi connectivity index (χ3n) is 6.29. The lowest BCUT2D eigenvalue weighted by Gasteiger charge is -2.36. The Morgan fingerprint density at radius 3 is 2.14 bits per heavy atom. The molecule has 3 aliphatic rings. The molecule has 2 unspecified atom stereocenters. The average Bonchev–Trinajstić information content (AvgIpc) is 3.05. The minimum Gasteiger partial charge on any atom is -0.497 e. The number of carbonyl (C=O) groups is 2. The van der Waals surface area contributed by atoms with Crippen molar-refractivity contribution in [3.8, 4) is 5.75 Å². The molecule has 28 heavy (non-hydrogen) atoms. The Kier molecular flexibility index (Phi) is 6.83. The summed E-state index contributed by atoms with van der Waals surface area (Å²) in [6.07, 6.45) is 5.47. The Morgan fingerprint density at radius 2 is 1.57 bits per heavy atom. The number of piperidine rings is 1. The second kappa shape index (κ2) is 9.14. The first kappa shape index (κ1) is 20.9. The maximum absolute atomic E-state index is 12.7. The zero-order valence-electron chi connectivity index (χ0n) is 16.4. The highest BCUT2D eigenvalue weighted by Crippen LogP contribution is 2.33. The SMILES string of the molecule is COc1ccc(C(=O)N2CCN(C(=O)CC3CC4CCC(C3)N4)CC2)cc1.Cl. The number of nitrogens with one attached hydrogen (secondary N) is 1. The van der Waals surface area contributed by atoms with E-state index < -0.39 is 0 Å². The quantitative estimate of drug-likeness (QED) is 0.832. The summed E-state index contributed by atoms with van der Waals surface area (Å²) in [6.45, 7) is 2.49. The number of amides is 2. The van der Waals surface area contributed by atoms with Gasteiger partial charge in [-0.25, -0.2) is 0 Å². The standard InChI is InChI=1S/C21H29N3O3.ClH/c1-27-19-6-2-16(3-7-19)21(26)24-10-8-23(9-11-24)20(25)14-15-12-17-4-5-18(13-15)22-17;/h2-3,6-7,15,17-18,22H,4-5,8-14H2,1H3;1H. The van der Waals surface area contributed by atoms with Gasteiger partial charge in [0.05, 0.1) is 7.11 Å². The molecule has 3 fully saturated rings. The first-order chi connectivity index (χ1) is 13.1. The van der Waals surface area contributed by atoms with Crippen LogP contribution < -0.4 is 10.1 Å². The molecule has 0 radical (unpaired) electrons. The Morgan fingerprint density at radius 1 is 1.00 bits per heavy atom. The summed E-state index contributed by atoms with van der Waals surface area (Å²) in [5.74, 6) is 1.56.